The minimum absolute atomic E-state index is 0.318. The molecule has 0 aliphatic heterocycles. The van der Waals surface area contributed by atoms with Crippen molar-refractivity contribution in [3.05, 3.63) is 66.3 Å². The van der Waals surface area contributed by atoms with Gasteiger partial charge in [0.05, 0.1) is 19.1 Å². The molecule has 0 unspecified atom stereocenters. The van der Waals surface area contributed by atoms with Crippen LogP contribution in [0.1, 0.15) is 16.2 Å². The van der Waals surface area contributed by atoms with Gasteiger partial charge in [-0.1, -0.05) is 0 Å². The van der Waals surface area contributed by atoms with Crippen LogP contribution < -0.4 is 10.2 Å². The number of carbonyl (C=O) groups is 1. The molecule has 2 heterocycles. The van der Waals surface area contributed by atoms with Gasteiger partial charge in [0.1, 0.15) is 17.2 Å². The standard InChI is InChI=1S/C18H16N4O3/c1-24-14-8-6-13(7-9-14)16-12-17(21-20-16)18(23)22-19-10-2-4-15-5-3-11-25-15/h2-12H,1H3,(H,20,21)(H,22,23). The van der Waals surface area contributed by atoms with Crippen molar-refractivity contribution in [3.8, 4) is 17.0 Å². The summed E-state index contributed by atoms with van der Waals surface area (Å²) in [6, 6.07) is 12.7. The predicted molar refractivity (Wildman–Crippen MR) is 94.3 cm³/mol. The molecule has 3 aromatic rings. The summed E-state index contributed by atoms with van der Waals surface area (Å²) >= 11 is 0. The minimum atomic E-state index is -0.380. The number of methoxy groups -OCH3 is 1. The van der Waals surface area contributed by atoms with E-state index in [0.717, 1.165) is 11.3 Å². The van der Waals surface area contributed by atoms with Gasteiger partial charge in [0.25, 0.3) is 5.91 Å². The van der Waals surface area contributed by atoms with Crippen molar-refractivity contribution >= 4 is 18.2 Å². The van der Waals surface area contributed by atoms with Crippen molar-refractivity contribution in [2.45, 2.75) is 0 Å². The molecular formula is C18H16N4O3. The van der Waals surface area contributed by atoms with Gasteiger partial charge in [-0.15, -0.1) is 0 Å². The van der Waals surface area contributed by atoms with Crippen LogP contribution in [0, 0.1) is 0 Å². The largest absolute Gasteiger partial charge is 0.497 e. The van der Waals surface area contributed by atoms with E-state index in [0.29, 0.717) is 17.1 Å². The van der Waals surface area contributed by atoms with Gasteiger partial charge in [0.15, 0.2) is 0 Å². The molecule has 0 fully saturated rings. The Hall–Kier alpha value is -3.61. The van der Waals surface area contributed by atoms with Crippen LogP contribution in [0.15, 0.2) is 64.3 Å². The third-order valence-electron chi connectivity index (χ3n) is 3.34. The third-order valence-corrected chi connectivity index (χ3v) is 3.34. The number of furan rings is 1. The Kier molecular flexibility index (Phi) is 5.06. The molecule has 7 heteroatoms. The van der Waals surface area contributed by atoms with Gasteiger partial charge in [-0.05, 0) is 54.6 Å². The van der Waals surface area contributed by atoms with Crippen molar-refractivity contribution < 1.29 is 13.9 Å². The average Bonchev–Trinajstić information content (AvgIpc) is 3.33. The Morgan fingerprint density at radius 1 is 1.32 bits per heavy atom. The van der Waals surface area contributed by atoms with Crippen molar-refractivity contribution in [2.75, 3.05) is 7.11 Å². The van der Waals surface area contributed by atoms with E-state index < -0.39 is 0 Å². The van der Waals surface area contributed by atoms with Gasteiger partial charge in [-0.2, -0.15) is 10.2 Å². The number of allylic oxidation sites excluding steroid dienone is 1. The lowest BCUT2D eigenvalue weighted by Crippen LogP contribution is -2.17. The molecular weight excluding hydrogens is 320 g/mol. The highest BCUT2D eigenvalue weighted by molar-refractivity contribution is 5.93. The number of hydrogen-bond acceptors (Lipinski definition) is 5. The van der Waals surface area contributed by atoms with E-state index in [2.05, 4.69) is 20.7 Å². The Bertz CT molecular complexity index is 877. The lowest BCUT2D eigenvalue weighted by Gasteiger charge is -1.99. The number of carbonyl (C=O) groups excluding carboxylic acids is 1. The van der Waals surface area contributed by atoms with Crippen LogP contribution in [0.2, 0.25) is 0 Å². The maximum Gasteiger partial charge on any atom is 0.289 e. The molecule has 0 saturated heterocycles. The highest BCUT2D eigenvalue weighted by Gasteiger charge is 2.10. The molecule has 2 aromatic heterocycles. The lowest BCUT2D eigenvalue weighted by molar-refractivity contribution is 0.0950. The second-order valence-electron chi connectivity index (χ2n) is 4.99. The van der Waals surface area contributed by atoms with Gasteiger partial charge >= 0.3 is 0 Å². The molecule has 25 heavy (non-hydrogen) atoms. The molecule has 1 amide bonds. The van der Waals surface area contributed by atoms with Crippen LogP contribution in [0.25, 0.3) is 17.3 Å². The van der Waals surface area contributed by atoms with Crippen LogP contribution in [0.3, 0.4) is 0 Å². The normalized spacial score (nSPS) is 11.2. The van der Waals surface area contributed by atoms with E-state index in [1.54, 1.807) is 37.7 Å². The lowest BCUT2D eigenvalue weighted by atomic mass is 10.1. The first kappa shape index (κ1) is 16.3. The van der Waals surface area contributed by atoms with Gasteiger partial charge in [0, 0.05) is 11.8 Å². The zero-order valence-corrected chi connectivity index (χ0v) is 13.5. The topological polar surface area (TPSA) is 92.5 Å². The number of hydrazone groups is 1. The highest BCUT2D eigenvalue weighted by Crippen LogP contribution is 2.21. The number of rotatable bonds is 6. The fraction of sp³-hybridized carbons (Fsp3) is 0.0556. The number of nitrogens with one attached hydrogen (secondary N) is 2. The molecule has 0 aliphatic carbocycles. The van der Waals surface area contributed by atoms with Gasteiger partial charge in [-0.3, -0.25) is 9.89 Å². The summed E-state index contributed by atoms with van der Waals surface area (Å²) in [4.78, 5) is 12.0. The number of aromatic nitrogens is 2. The van der Waals surface area contributed by atoms with Gasteiger partial charge in [-0.25, -0.2) is 5.43 Å². The minimum Gasteiger partial charge on any atom is -0.497 e. The maximum atomic E-state index is 12.0. The Labute approximate surface area is 144 Å². The molecule has 7 nitrogen and oxygen atoms in total. The molecule has 0 bridgehead atoms. The summed E-state index contributed by atoms with van der Waals surface area (Å²) in [7, 11) is 1.61. The first-order valence-electron chi connectivity index (χ1n) is 7.49. The van der Waals surface area contributed by atoms with Crippen LogP contribution in [-0.2, 0) is 0 Å². The molecule has 2 N–H and O–H groups in total. The zero-order valence-electron chi connectivity index (χ0n) is 13.5. The predicted octanol–water partition coefficient (Wildman–Crippen LogP) is 3.11. The Morgan fingerprint density at radius 2 is 2.16 bits per heavy atom. The molecule has 3 rings (SSSR count). The third kappa shape index (κ3) is 4.23. The fourth-order valence-electron chi connectivity index (χ4n) is 2.07. The first-order chi connectivity index (χ1) is 12.3. The summed E-state index contributed by atoms with van der Waals surface area (Å²) in [6.07, 6.45) is 6.43. The van der Waals surface area contributed by atoms with Crippen molar-refractivity contribution in [2.24, 2.45) is 5.10 Å². The highest BCUT2D eigenvalue weighted by atomic mass is 16.5. The van der Waals surface area contributed by atoms with E-state index in [1.807, 2.05) is 30.3 Å². The van der Waals surface area contributed by atoms with Gasteiger partial charge in [0.2, 0.25) is 0 Å². The van der Waals surface area contributed by atoms with E-state index in [4.69, 9.17) is 9.15 Å². The summed E-state index contributed by atoms with van der Waals surface area (Å²) < 4.78 is 10.2. The van der Waals surface area contributed by atoms with Crippen molar-refractivity contribution in [1.82, 2.24) is 15.6 Å². The molecule has 0 atom stereocenters. The first-order valence-corrected chi connectivity index (χ1v) is 7.49. The Morgan fingerprint density at radius 3 is 2.88 bits per heavy atom. The van der Waals surface area contributed by atoms with Crippen molar-refractivity contribution in [3.63, 3.8) is 0 Å². The molecule has 0 spiro atoms. The summed E-state index contributed by atoms with van der Waals surface area (Å²) in [6.45, 7) is 0. The van der Waals surface area contributed by atoms with E-state index in [9.17, 15) is 4.79 Å². The van der Waals surface area contributed by atoms with Crippen molar-refractivity contribution in [1.29, 1.82) is 0 Å². The number of nitrogens with zero attached hydrogens (tertiary/aromatic N) is 2. The van der Waals surface area contributed by atoms with E-state index in [-0.39, 0.29) is 5.91 Å². The number of H-pyrrole nitrogens is 1. The van der Waals surface area contributed by atoms with Crippen LogP contribution in [0.5, 0.6) is 5.75 Å². The molecule has 126 valence electrons. The number of amides is 1. The molecule has 0 aliphatic rings. The SMILES string of the molecule is COc1ccc(-c2cc(C(=O)NN=CC=Cc3ccco3)[nH]n2)cc1. The molecule has 0 saturated carbocycles. The number of hydrogen-bond donors (Lipinski definition) is 2. The maximum absolute atomic E-state index is 12.0. The summed E-state index contributed by atoms with van der Waals surface area (Å²) in [5, 5.41) is 10.7. The van der Waals surface area contributed by atoms with Crippen LogP contribution in [-0.4, -0.2) is 29.4 Å². The second-order valence-corrected chi connectivity index (χ2v) is 4.99. The van der Waals surface area contributed by atoms with E-state index >= 15 is 0 Å². The quantitative estimate of drug-likeness (QED) is 0.534. The number of aromatic amines is 1. The summed E-state index contributed by atoms with van der Waals surface area (Å²) in [5.41, 5.74) is 4.27. The zero-order chi connectivity index (χ0) is 17.5. The van der Waals surface area contributed by atoms with Crippen LogP contribution in [0.4, 0.5) is 0 Å². The second kappa shape index (κ2) is 7.78. The average molecular weight is 336 g/mol. The molecule has 1 aromatic carbocycles. The van der Waals surface area contributed by atoms with E-state index in [1.165, 1.54) is 6.21 Å². The van der Waals surface area contributed by atoms with Crippen LogP contribution >= 0.6 is 0 Å². The summed E-state index contributed by atoms with van der Waals surface area (Å²) in [5.74, 6) is 1.08. The van der Waals surface area contributed by atoms with Gasteiger partial charge < -0.3 is 9.15 Å². The number of ether oxygens (including phenoxy) is 1. The molecule has 0 radical (unpaired) electrons. The fourth-order valence-corrected chi connectivity index (χ4v) is 2.07. The number of benzene rings is 1. The Balaban J connectivity index is 1.58. The smallest absolute Gasteiger partial charge is 0.289 e. The monoisotopic (exact) mass is 336 g/mol.